The third kappa shape index (κ3) is 3.02. The molecule has 0 bridgehead atoms. The summed E-state index contributed by atoms with van der Waals surface area (Å²) in [6.45, 7) is 2.64. The van der Waals surface area contributed by atoms with Crippen molar-refractivity contribution in [1.29, 1.82) is 5.26 Å². The van der Waals surface area contributed by atoms with Crippen LogP contribution in [0.25, 0.3) is 0 Å². The molecule has 1 aliphatic rings. The van der Waals surface area contributed by atoms with Crippen molar-refractivity contribution in [2.45, 2.75) is 25.6 Å². The van der Waals surface area contributed by atoms with Gasteiger partial charge in [-0.1, -0.05) is 0 Å². The molecule has 2 rings (SSSR count). The Morgan fingerprint density at radius 1 is 1.50 bits per heavy atom. The lowest BCUT2D eigenvalue weighted by molar-refractivity contribution is 0.0212. The van der Waals surface area contributed by atoms with Crippen molar-refractivity contribution < 1.29 is 4.74 Å². The minimum Gasteiger partial charge on any atom is -0.373 e. The summed E-state index contributed by atoms with van der Waals surface area (Å²) in [5, 5.41) is 12.0. The van der Waals surface area contributed by atoms with Gasteiger partial charge in [-0.3, -0.25) is 0 Å². The first-order valence-corrected chi connectivity index (χ1v) is 5.56. The van der Waals surface area contributed by atoms with Crippen LogP contribution in [-0.4, -0.2) is 24.2 Å². The maximum atomic E-state index is 8.72. The van der Waals surface area contributed by atoms with Crippen molar-refractivity contribution >= 4 is 0 Å². The molecule has 0 amide bonds. The molecule has 4 heteroatoms. The standard InChI is InChI=1S/C12H15N3O/c13-8-11-7-10(1-6-15-11)9-16-12-2-4-14-5-3-12/h1,6-7,12,14H,2-5,9H2. The fourth-order valence-electron chi connectivity index (χ4n) is 1.80. The van der Waals surface area contributed by atoms with Crippen LogP contribution in [0.1, 0.15) is 24.1 Å². The lowest BCUT2D eigenvalue weighted by atomic mass is 10.1. The number of nitrogens with one attached hydrogen (secondary N) is 1. The van der Waals surface area contributed by atoms with E-state index >= 15 is 0 Å². The van der Waals surface area contributed by atoms with E-state index in [2.05, 4.69) is 10.3 Å². The van der Waals surface area contributed by atoms with Gasteiger partial charge >= 0.3 is 0 Å². The zero-order valence-electron chi connectivity index (χ0n) is 9.15. The maximum Gasteiger partial charge on any atom is 0.140 e. The third-order valence-electron chi connectivity index (χ3n) is 2.71. The van der Waals surface area contributed by atoms with E-state index in [4.69, 9.17) is 10.00 Å². The number of nitriles is 1. The second kappa shape index (κ2) is 5.59. The Hall–Kier alpha value is -1.44. The van der Waals surface area contributed by atoms with E-state index < -0.39 is 0 Å². The molecule has 0 unspecified atom stereocenters. The highest BCUT2D eigenvalue weighted by molar-refractivity contribution is 5.24. The third-order valence-corrected chi connectivity index (χ3v) is 2.71. The molecule has 1 aliphatic heterocycles. The van der Waals surface area contributed by atoms with E-state index in [1.807, 2.05) is 12.1 Å². The number of rotatable bonds is 3. The van der Waals surface area contributed by atoms with Crippen LogP contribution in [0.4, 0.5) is 0 Å². The zero-order chi connectivity index (χ0) is 11.2. The van der Waals surface area contributed by atoms with Crippen LogP contribution in [0.5, 0.6) is 0 Å². The minimum atomic E-state index is 0.347. The number of hydrogen-bond acceptors (Lipinski definition) is 4. The van der Waals surface area contributed by atoms with Crippen LogP contribution in [0.15, 0.2) is 18.3 Å². The molecule has 1 N–H and O–H groups in total. The summed E-state index contributed by atoms with van der Waals surface area (Å²) in [4.78, 5) is 3.93. The van der Waals surface area contributed by atoms with Gasteiger partial charge in [-0.25, -0.2) is 4.98 Å². The van der Waals surface area contributed by atoms with Gasteiger partial charge in [0.25, 0.3) is 0 Å². The van der Waals surface area contributed by atoms with Gasteiger partial charge in [0, 0.05) is 6.20 Å². The highest BCUT2D eigenvalue weighted by Gasteiger charge is 2.13. The quantitative estimate of drug-likeness (QED) is 0.827. The Kier molecular flexibility index (Phi) is 3.86. The van der Waals surface area contributed by atoms with Crippen molar-refractivity contribution in [3.63, 3.8) is 0 Å². The van der Waals surface area contributed by atoms with Crippen molar-refractivity contribution in [2.75, 3.05) is 13.1 Å². The molecular formula is C12H15N3O. The molecule has 1 saturated heterocycles. The average molecular weight is 217 g/mol. The largest absolute Gasteiger partial charge is 0.373 e. The number of aromatic nitrogens is 1. The van der Waals surface area contributed by atoms with E-state index in [9.17, 15) is 0 Å². The van der Waals surface area contributed by atoms with Crippen molar-refractivity contribution in [2.24, 2.45) is 0 Å². The first kappa shape index (κ1) is 11.1. The molecule has 1 fully saturated rings. The normalized spacial score (nSPS) is 16.9. The molecule has 0 atom stereocenters. The van der Waals surface area contributed by atoms with Gasteiger partial charge in [-0.15, -0.1) is 0 Å². The Morgan fingerprint density at radius 3 is 3.06 bits per heavy atom. The summed E-state index contributed by atoms with van der Waals surface area (Å²) >= 11 is 0. The summed E-state index contributed by atoms with van der Waals surface area (Å²) in [6.07, 6.45) is 4.13. The fraction of sp³-hybridized carbons (Fsp3) is 0.500. The van der Waals surface area contributed by atoms with Crippen LogP contribution in [0, 0.1) is 11.3 Å². The van der Waals surface area contributed by atoms with Gasteiger partial charge in [0.2, 0.25) is 0 Å². The highest BCUT2D eigenvalue weighted by atomic mass is 16.5. The first-order valence-electron chi connectivity index (χ1n) is 5.56. The summed E-state index contributed by atoms with van der Waals surface area (Å²) in [7, 11) is 0. The lowest BCUT2D eigenvalue weighted by Gasteiger charge is -2.22. The number of hydrogen-bond donors (Lipinski definition) is 1. The van der Waals surface area contributed by atoms with Gasteiger partial charge in [0.1, 0.15) is 11.8 Å². The van der Waals surface area contributed by atoms with Crippen LogP contribution < -0.4 is 5.32 Å². The molecule has 0 radical (unpaired) electrons. The topological polar surface area (TPSA) is 57.9 Å². The van der Waals surface area contributed by atoms with E-state index in [0.29, 0.717) is 18.4 Å². The second-order valence-corrected chi connectivity index (χ2v) is 3.92. The van der Waals surface area contributed by atoms with Gasteiger partial charge < -0.3 is 10.1 Å². The number of pyridine rings is 1. The molecule has 1 aromatic heterocycles. The Bertz CT molecular complexity index is 380. The van der Waals surface area contributed by atoms with Crippen molar-refractivity contribution in [3.8, 4) is 6.07 Å². The summed E-state index contributed by atoms with van der Waals surface area (Å²) in [6, 6.07) is 5.70. The molecule has 16 heavy (non-hydrogen) atoms. The summed E-state index contributed by atoms with van der Waals surface area (Å²) in [5.74, 6) is 0. The molecule has 0 spiro atoms. The van der Waals surface area contributed by atoms with Crippen LogP contribution in [-0.2, 0) is 11.3 Å². The van der Waals surface area contributed by atoms with Crippen molar-refractivity contribution in [1.82, 2.24) is 10.3 Å². The Balaban J connectivity index is 1.86. The van der Waals surface area contributed by atoms with E-state index in [-0.39, 0.29) is 0 Å². The average Bonchev–Trinajstić information content (AvgIpc) is 2.38. The molecular weight excluding hydrogens is 202 g/mol. The molecule has 4 nitrogen and oxygen atoms in total. The van der Waals surface area contributed by atoms with E-state index in [1.54, 1.807) is 12.3 Å². The van der Waals surface area contributed by atoms with Gasteiger partial charge in [-0.05, 0) is 43.6 Å². The Labute approximate surface area is 95.3 Å². The number of piperidine rings is 1. The predicted molar refractivity (Wildman–Crippen MR) is 59.6 cm³/mol. The monoisotopic (exact) mass is 217 g/mol. The Morgan fingerprint density at radius 2 is 2.31 bits per heavy atom. The van der Waals surface area contributed by atoms with Gasteiger partial charge in [-0.2, -0.15) is 5.26 Å². The molecule has 1 aromatic rings. The zero-order valence-corrected chi connectivity index (χ0v) is 9.15. The highest BCUT2D eigenvalue weighted by Crippen LogP contribution is 2.11. The van der Waals surface area contributed by atoms with Crippen LogP contribution in [0.2, 0.25) is 0 Å². The smallest absolute Gasteiger partial charge is 0.140 e. The number of ether oxygens (including phenoxy) is 1. The summed E-state index contributed by atoms with van der Waals surface area (Å²) in [5.41, 5.74) is 1.47. The van der Waals surface area contributed by atoms with Crippen molar-refractivity contribution in [3.05, 3.63) is 29.6 Å². The molecule has 84 valence electrons. The summed E-state index contributed by atoms with van der Waals surface area (Å²) < 4.78 is 5.79. The van der Waals surface area contributed by atoms with E-state index in [0.717, 1.165) is 31.5 Å². The molecule has 0 aliphatic carbocycles. The van der Waals surface area contributed by atoms with Crippen LogP contribution in [0.3, 0.4) is 0 Å². The molecule has 2 heterocycles. The minimum absolute atomic E-state index is 0.347. The second-order valence-electron chi connectivity index (χ2n) is 3.92. The number of nitrogens with zero attached hydrogens (tertiary/aromatic N) is 2. The lowest BCUT2D eigenvalue weighted by Crippen LogP contribution is -2.32. The van der Waals surface area contributed by atoms with Gasteiger partial charge in [0.15, 0.2) is 0 Å². The van der Waals surface area contributed by atoms with E-state index in [1.165, 1.54) is 0 Å². The molecule has 0 aromatic carbocycles. The maximum absolute atomic E-state index is 8.72. The first-order chi connectivity index (χ1) is 7.88. The van der Waals surface area contributed by atoms with Crippen LogP contribution >= 0.6 is 0 Å². The fourth-order valence-corrected chi connectivity index (χ4v) is 1.80. The SMILES string of the molecule is N#Cc1cc(COC2CCNCC2)ccn1. The molecule has 0 saturated carbocycles. The van der Waals surface area contributed by atoms with Gasteiger partial charge in [0.05, 0.1) is 12.7 Å². The predicted octanol–water partition coefficient (Wildman–Crippen LogP) is 1.22.